The molecule has 2 rings (SSSR count). The van der Waals surface area contributed by atoms with Gasteiger partial charge in [0.15, 0.2) is 0 Å². The molecule has 1 N–H and O–H groups in total. The van der Waals surface area contributed by atoms with Crippen LogP contribution in [0.15, 0.2) is 22.7 Å². The third kappa shape index (κ3) is 3.73. The number of aliphatic hydroxyl groups is 1. The van der Waals surface area contributed by atoms with E-state index in [0.29, 0.717) is 0 Å². The SMILES string of the molecule is CCCC1CCN(c2ccc([C@@H](C)O)cc2Br)CC1. The number of piperidine rings is 1. The van der Waals surface area contributed by atoms with Crippen LogP contribution in [0.5, 0.6) is 0 Å². The van der Waals surface area contributed by atoms with Gasteiger partial charge in [-0.15, -0.1) is 0 Å². The summed E-state index contributed by atoms with van der Waals surface area (Å²) in [5, 5.41) is 9.61. The standard InChI is InChI=1S/C16H24BrNO/c1-3-4-13-7-9-18(10-8-13)16-6-5-14(12(2)19)11-15(16)17/h5-6,11-13,19H,3-4,7-10H2,1-2H3/t12-/m1/s1. The van der Waals surface area contributed by atoms with Crippen LogP contribution in [0.4, 0.5) is 5.69 Å². The van der Waals surface area contributed by atoms with E-state index < -0.39 is 6.10 Å². The molecule has 1 fully saturated rings. The Bertz CT molecular complexity index is 411. The predicted octanol–water partition coefficient (Wildman–Crippen LogP) is 4.52. The van der Waals surface area contributed by atoms with Crippen molar-refractivity contribution < 1.29 is 5.11 Å². The molecule has 0 bridgehead atoms. The second-order valence-corrected chi connectivity index (χ2v) is 6.46. The summed E-state index contributed by atoms with van der Waals surface area (Å²) < 4.78 is 1.10. The number of benzene rings is 1. The highest BCUT2D eigenvalue weighted by atomic mass is 79.9. The average Bonchev–Trinajstić information content (AvgIpc) is 2.40. The van der Waals surface area contributed by atoms with E-state index >= 15 is 0 Å². The lowest BCUT2D eigenvalue weighted by molar-refractivity contribution is 0.199. The first-order valence-electron chi connectivity index (χ1n) is 7.34. The van der Waals surface area contributed by atoms with Gasteiger partial charge in [0.05, 0.1) is 11.8 Å². The van der Waals surface area contributed by atoms with Crippen LogP contribution < -0.4 is 4.90 Å². The maximum Gasteiger partial charge on any atom is 0.0762 e. The molecule has 1 aliphatic heterocycles. The van der Waals surface area contributed by atoms with Gasteiger partial charge in [-0.3, -0.25) is 0 Å². The number of aliphatic hydroxyl groups excluding tert-OH is 1. The Hall–Kier alpha value is -0.540. The summed E-state index contributed by atoms with van der Waals surface area (Å²) in [5.74, 6) is 0.914. The Morgan fingerprint density at radius 2 is 2.05 bits per heavy atom. The number of hydrogen-bond acceptors (Lipinski definition) is 2. The Balaban J connectivity index is 2.03. The highest BCUT2D eigenvalue weighted by Crippen LogP contribution is 2.33. The minimum Gasteiger partial charge on any atom is -0.389 e. The van der Waals surface area contributed by atoms with Gasteiger partial charge in [0, 0.05) is 17.6 Å². The molecule has 0 saturated carbocycles. The largest absolute Gasteiger partial charge is 0.389 e. The second kappa shape index (κ2) is 6.76. The van der Waals surface area contributed by atoms with E-state index in [2.05, 4.69) is 33.8 Å². The van der Waals surface area contributed by atoms with Gasteiger partial charge in [0.1, 0.15) is 0 Å². The number of halogens is 1. The fourth-order valence-corrected chi connectivity index (χ4v) is 3.56. The fourth-order valence-electron chi connectivity index (χ4n) is 2.91. The molecule has 2 nitrogen and oxygen atoms in total. The molecule has 1 aromatic rings. The minimum atomic E-state index is -0.402. The Labute approximate surface area is 124 Å². The van der Waals surface area contributed by atoms with Crippen molar-refractivity contribution in [2.24, 2.45) is 5.92 Å². The number of nitrogens with zero attached hydrogens (tertiary/aromatic N) is 1. The van der Waals surface area contributed by atoms with Crippen molar-refractivity contribution >= 4 is 21.6 Å². The predicted molar refractivity (Wildman–Crippen MR) is 84.6 cm³/mol. The lowest BCUT2D eigenvalue weighted by Crippen LogP contribution is -2.33. The molecule has 3 heteroatoms. The van der Waals surface area contributed by atoms with Crippen molar-refractivity contribution in [3.05, 3.63) is 28.2 Å². The maximum atomic E-state index is 9.61. The Morgan fingerprint density at radius 3 is 2.58 bits per heavy atom. The van der Waals surface area contributed by atoms with Crippen molar-refractivity contribution in [1.29, 1.82) is 0 Å². The first-order valence-corrected chi connectivity index (χ1v) is 8.13. The van der Waals surface area contributed by atoms with E-state index in [1.807, 2.05) is 12.1 Å². The van der Waals surface area contributed by atoms with Gasteiger partial charge < -0.3 is 10.0 Å². The number of anilines is 1. The van der Waals surface area contributed by atoms with Crippen molar-refractivity contribution in [3.8, 4) is 0 Å². The van der Waals surface area contributed by atoms with E-state index in [-0.39, 0.29) is 0 Å². The molecule has 0 aliphatic carbocycles. The van der Waals surface area contributed by atoms with E-state index in [0.717, 1.165) is 29.0 Å². The summed E-state index contributed by atoms with van der Waals surface area (Å²) in [5.41, 5.74) is 2.23. The lowest BCUT2D eigenvalue weighted by Gasteiger charge is -2.34. The number of hydrogen-bond donors (Lipinski definition) is 1. The monoisotopic (exact) mass is 325 g/mol. The van der Waals surface area contributed by atoms with Crippen LogP contribution in [0.25, 0.3) is 0 Å². The van der Waals surface area contributed by atoms with Crippen LogP contribution in [0, 0.1) is 5.92 Å². The first-order chi connectivity index (χ1) is 9.11. The van der Waals surface area contributed by atoms with Crippen molar-refractivity contribution in [2.75, 3.05) is 18.0 Å². The topological polar surface area (TPSA) is 23.5 Å². The van der Waals surface area contributed by atoms with Gasteiger partial charge >= 0.3 is 0 Å². The zero-order chi connectivity index (χ0) is 13.8. The molecule has 0 spiro atoms. The highest BCUT2D eigenvalue weighted by molar-refractivity contribution is 9.10. The lowest BCUT2D eigenvalue weighted by atomic mass is 9.92. The van der Waals surface area contributed by atoms with Crippen LogP contribution in [-0.4, -0.2) is 18.2 Å². The zero-order valence-corrected chi connectivity index (χ0v) is 13.5. The molecule has 0 radical (unpaired) electrons. The molecular formula is C16H24BrNO. The summed E-state index contributed by atoms with van der Waals surface area (Å²) >= 11 is 3.64. The van der Waals surface area contributed by atoms with E-state index in [4.69, 9.17) is 0 Å². The summed E-state index contributed by atoms with van der Waals surface area (Å²) in [4.78, 5) is 2.46. The van der Waals surface area contributed by atoms with Gasteiger partial charge in [-0.25, -0.2) is 0 Å². The summed E-state index contributed by atoms with van der Waals surface area (Å²) in [7, 11) is 0. The van der Waals surface area contributed by atoms with Gasteiger partial charge in [-0.05, 0) is 59.3 Å². The summed E-state index contributed by atoms with van der Waals surface area (Å²) in [6, 6.07) is 6.20. The van der Waals surface area contributed by atoms with Crippen LogP contribution in [0.3, 0.4) is 0 Å². The van der Waals surface area contributed by atoms with Crippen LogP contribution in [0.1, 0.15) is 51.2 Å². The molecule has 19 heavy (non-hydrogen) atoms. The van der Waals surface area contributed by atoms with E-state index in [9.17, 15) is 5.11 Å². The normalized spacial score (nSPS) is 18.6. The molecule has 1 heterocycles. The molecule has 106 valence electrons. The van der Waals surface area contributed by atoms with Gasteiger partial charge in [-0.2, -0.15) is 0 Å². The van der Waals surface area contributed by atoms with Gasteiger partial charge in [0.25, 0.3) is 0 Å². The Kier molecular flexibility index (Phi) is 5.28. The molecule has 1 aliphatic rings. The molecular weight excluding hydrogens is 302 g/mol. The van der Waals surface area contributed by atoms with Gasteiger partial charge in [0.2, 0.25) is 0 Å². The Morgan fingerprint density at radius 1 is 1.37 bits per heavy atom. The molecule has 0 unspecified atom stereocenters. The number of rotatable bonds is 4. The highest BCUT2D eigenvalue weighted by Gasteiger charge is 2.20. The summed E-state index contributed by atoms with van der Waals surface area (Å²) in [6.45, 7) is 6.38. The maximum absolute atomic E-state index is 9.61. The smallest absolute Gasteiger partial charge is 0.0762 e. The fraction of sp³-hybridized carbons (Fsp3) is 0.625. The van der Waals surface area contributed by atoms with Crippen molar-refractivity contribution in [2.45, 2.75) is 45.6 Å². The summed E-state index contributed by atoms with van der Waals surface area (Å²) in [6.07, 6.45) is 4.88. The third-order valence-electron chi connectivity index (χ3n) is 4.11. The van der Waals surface area contributed by atoms with Crippen LogP contribution in [0.2, 0.25) is 0 Å². The minimum absolute atomic E-state index is 0.402. The van der Waals surface area contributed by atoms with Crippen molar-refractivity contribution in [1.82, 2.24) is 0 Å². The average molecular weight is 326 g/mol. The van der Waals surface area contributed by atoms with Crippen LogP contribution >= 0.6 is 15.9 Å². The van der Waals surface area contributed by atoms with E-state index in [1.165, 1.54) is 31.4 Å². The molecule has 1 aromatic carbocycles. The molecule has 1 atom stereocenters. The van der Waals surface area contributed by atoms with Gasteiger partial charge in [-0.1, -0.05) is 25.8 Å². The van der Waals surface area contributed by atoms with E-state index in [1.54, 1.807) is 6.92 Å². The molecule has 1 saturated heterocycles. The van der Waals surface area contributed by atoms with Crippen molar-refractivity contribution in [3.63, 3.8) is 0 Å². The second-order valence-electron chi connectivity index (χ2n) is 5.61. The zero-order valence-electron chi connectivity index (χ0n) is 11.9. The third-order valence-corrected chi connectivity index (χ3v) is 4.74. The molecule has 0 aromatic heterocycles. The quantitative estimate of drug-likeness (QED) is 0.879. The van der Waals surface area contributed by atoms with Crippen LogP contribution in [-0.2, 0) is 0 Å². The first kappa shape index (κ1) is 14.9. The molecule has 0 amide bonds.